The van der Waals surface area contributed by atoms with E-state index in [1.165, 1.54) is 0 Å². The van der Waals surface area contributed by atoms with Gasteiger partial charge in [0.2, 0.25) is 0 Å². The number of aromatic amines is 1. The molecule has 5 rings (SSSR count). The zero-order chi connectivity index (χ0) is 28.6. The highest BCUT2D eigenvalue weighted by atomic mass is 32.2. The van der Waals surface area contributed by atoms with Gasteiger partial charge in [0.1, 0.15) is 17.4 Å². The Balaban J connectivity index is 1.53. The number of aryl methyl sites for hydroxylation is 2. The minimum Gasteiger partial charge on any atom is -0.489 e. The van der Waals surface area contributed by atoms with Crippen molar-refractivity contribution in [2.75, 3.05) is 16.0 Å². The molecule has 0 radical (unpaired) electrons. The van der Waals surface area contributed by atoms with Crippen LogP contribution in [-0.2, 0) is 9.84 Å². The van der Waals surface area contributed by atoms with Crippen LogP contribution >= 0.6 is 0 Å². The Labute approximate surface area is 234 Å². The van der Waals surface area contributed by atoms with Gasteiger partial charge in [-0.15, -0.1) is 0 Å². The fourth-order valence-electron chi connectivity index (χ4n) is 4.47. The maximum atomic E-state index is 13.1. The van der Waals surface area contributed by atoms with Crippen LogP contribution in [0.25, 0.3) is 11.3 Å². The molecule has 1 atom stereocenters. The Morgan fingerprint density at radius 2 is 1.77 bits per heavy atom. The predicted molar refractivity (Wildman–Crippen MR) is 158 cm³/mol. The van der Waals surface area contributed by atoms with Crippen LogP contribution in [0.3, 0.4) is 0 Å². The van der Waals surface area contributed by atoms with Gasteiger partial charge in [0.05, 0.1) is 38.9 Å². The molecule has 2 aromatic carbocycles. The first-order chi connectivity index (χ1) is 19.0. The first kappa shape index (κ1) is 27.3. The summed E-state index contributed by atoms with van der Waals surface area (Å²) >= 11 is 0. The third kappa shape index (κ3) is 5.42. The molecule has 1 aliphatic heterocycles. The average Bonchev–Trinajstić information content (AvgIpc) is 3.54. The maximum absolute atomic E-state index is 13.1. The number of H-pyrrole nitrogens is 1. The summed E-state index contributed by atoms with van der Waals surface area (Å²) in [6, 6.07) is 14.6. The van der Waals surface area contributed by atoms with Crippen molar-refractivity contribution in [2.24, 2.45) is 4.99 Å². The van der Waals surface area contributed by atoms with Crippen molar-refractivity contribution in [3.8, 4) is 17.1 Å². The second-order valence-electron chi connectivity index (χ2n) is 10.3. The first-order valence-corrected chi connectivity index (χ1v) is 14.7. The lowest BCUT2D eigenvalue weighted by Crippen LogP contribution is -2.35. The Hall–Kier alpha value is -4.25. The molecule has 210 valence electrons. The van der Waals surface area contributed by atoms with Gasteiger partial charge < -0.3 is 30.2 Å². The van der Waals surface area contributed by atoms with Crippen molar-refractivity contribution in [1.82, 2.24) is 10.1 Å². The molecule has 3 heterocycles. The van der Waals surface area contributed by atoms with E-state index in [1.54, 1.807) is 44.3 Å². The minimum absolute atomic E-state index is 0.0483. The molecule has 0 bridgehead atoms. The van der Waals surface area contributed by atoms with Crippen molar-refractivity contribution >= 4 is 32.9 Å². The van der Waals surface area contributed by atoms with E-state index in [0.717, 1.165) is 28.2 Å². The Kier molecular flexibility index (Phi) is 7.33. The summed E-state index contributed by atoms with van der Waals surface area (Å²) in [4.78, 5) is 8.31. The van der Waals surface area contributed by atoms with Crippen LogP contribution in [0.2, 0.25) is 0 Å². The molecule has 0 amide bonds. The van der Waals surface area contributed by atoms with Gasteiger partial charge in [-0.3, -0.25) is 0 Å². The summed E-state index contributed by atoms with van der Waals surface area (Å²) in [5.41, 5.74) is 4.61. The second kappa shape index (κ2) is 10.7. The molecule has 1 aliphatic rings. The third-order valence-electron chi connectivity index (χ3n) is 6.48. The predicted octanol–water partition coefficient (Wildman–Crippen LogP) is 5.94. The lowest BCUT2D eigenvalue weighted by molar-refractivity contribution is 0.243. The molecule has 0 saturated heterocycles. The van der Waals surface area contributed by atoms with E-state index in [0.29, 0.717) is 28.7 Å². The number of aliphatic imine (C=N–C) groups is 1. The van der Waals surface area contributed by atoms with Crippen molar-refractivity contribution in [1.29, 1.82) is 0 Å². The van der Waals surface area contributed by atoms with E-state index >= 15 is 0 Å². The number of amidine groups is 1. The Morgan fingerprint density at radius 1 is 1.00 bits per heavy atom. The van der Waals surface area contributed by atoms with Crippen LogP contribution in [0.1, 0.15) is 44.5 Å². The van der Waals surface area contributed by atoms with E-state index in [-0.39, 0.29) is 11.0 Å². The highest BCUT2D eigenvalue weighted by Gasteiger charge is 2.27. The Bertz CT molecular complexity index is 1670. The normalized spacial score (nSPS) is 15.0. The Morgan fingerprint density at radius 3 is 2.48 bits per heavy atom. The van der Waals surface area contributed by atoms with Gasteiger partial charge in [0.15, 0.2) is 21.9 Å². The van der Waals surface area contributed by atoms with Crippen LogP contribution in [0.4, 0.5) is 17.2 Å². The lowest BCUT2D eigenvalue weighted by Gasteiger charge is -2.27. The highest BCUT2D eigenvalue weighted by molar-refractivity contribution is 7.92. The number of anilines is 3. The summed E-state index contributed by atoms with van der Waals surface area (Å²) in [7, 11) is -3.52. The van der Waals surface area contributed by atoms with E-state index in [2.05, 4.69) is 26.1 Å². The van der Waals surface area contributed by atoms with E-state index in [9.17, 15) is 8.42 Å². The van der Waals surface area contributed by atoms with Crippen LogP contribution < -0.4 is 20.7 Å². The van der Waals surface area contributed by atoms with E-state index < -0.39 is 21.4 Å². The van der Waals surface area contributed by atoms with Crippen molar-refractivity contribution in [2.45, 2.75) is 64.1 Å². The number of sulfone groups is 1. The average molecular weight is 563 g/mol. The molecule has 4 aromatic rings. The third-order valence-corrected chi connectivity index (χ3v) is 8.69. The van der Waals surface area contributed by atoms with Gasteiger partial charge in [0, 0.05) is 17.8 Å². The fourth-order valence-corrected chi connectivity index (χ4v) is 5.67. The van der Waals surface area contributed by atoms with Crippen LogP contribution in [0.15, 0.2) is 69.1 Å². The molecule has 4 N–H and O–H groups in total. The zero-order valence-corrected chi connectivity index (χ0v) is 24.2. The topological polar surface area (TPSA) is 134 Å². The molecule has 0 spiro atoms. The maximum Gasteiger partial charge on any atom is 0.197 e. The summed E-state index contributed by atoms with van der Waals surface area (Å²) in [5, 5.41) is 13.6. The largest absolute Gasteiger partial charge is 0.489 e. The first-order valence-electron chi connectivity index (χ1n) is 13.2. The fraction of sp³-hybridized carbons (Fsp3) is 0.310. The number of nitrogens with one attached hydrogen (secondary N) is 4. The number of fused-ring (bicyclic) bond motifs is 1. The number of hydrogen-bond donors (Lipinski definition) is 4. The van der Waals surface area contributed by atoms with E-state index in [4.69, 9.17) is 14.3 Å². The number of para-hydroxylation sites is 1. The number of rotatable bonds is 8. The summed E-state index contributed by atoms with van der Waals surface area (Å²) in [6.07, 6.45) is 1.15. The van der Waals surface area contributed by atoms with Crippen molar-refractivity contribution in [3.05, 3.63) is 71.5 Å². The van der Waals surface area contributed by atoms with E-state index in [1.807, 2.05) is 52.0 Å². The SMILES string of the molecule is Cc1cc(-c2cc(NC3N=C(Nc4ccccc4S(=O)(=O)C(C)C)c4cc[nH]c4N3)c(OC(C)C)cc2C)on1. The quantitative estimate of drug-likeness (QED) is 0.207. The molecule has 0 fully saturated rings. The standard InChI is InChI=1S/C29H34N6O4S/c1-16(2)38-25-13-18(5)21(24-14-19(6)35-39-24)15-23(25)32-29-33-27-20(11-12-30-27)28(34-29)31-22-9-7-8-10-26(22)40(36,37)17(3)4/h7-17,29-30,32-33H,1-6H3,(H,31,34). The van der Waals surface area contributed by atoms with Gasteiger partial charge in [0.25, 0.3) is 0 Å². The summed E-state index contributed by atoms with van der Waals surface area (Å²) in [6.45, 7) is 11.2. The number of ether oxygens (including phenoxy) is 1. The molecule has 1 unspecified atom stereocenters. The number of nitrogens with zero attached hydrogens (tertiary/aromatic N) is 2. The van der Waals surface area contributed by atoms with Gasteiger partial charge in [-0.2, -0.15) is 0 Å². The highest BCUT2D eigenvalue weighted by Crippen LogP contribution is 2.36. The molecular weight excluding hydrogens is 528 g/mol. The molecule has 10 nitrogen and oxygen atoms in total. The van der Waals surface area contributed by atoms with Gasteiger partial charge in [-0.05, 0) is 77.4 Å². The smallest absolute Gasteiger partial charge is 0.197 e. The lowest BCUT2D eigenvalue weighted by atomic mass is 10.0. The van der Waals surface area contributed by atoms with Crippen LogP contribution in [-0.4, -0.2) is 42.0 Å². The monoisotopic (exact) mass is 562 g/mol. The van der Waals surface area contributed by atoms with Crippen LogP contribution in [0, 0.1) is 13.8 Å². The van der Waals surface area contributed by atoms with Crippen molar-refractivity contribution < 1.29 is 17.7 Å². The van der Waals surface area contributed by atoms with Gasteiger partial charge in [-0.1, -0.05) is 17.3 Å². The number of aromatic nitrogens is 2. The molecule has 0 saturated carbocycles. The number of hydrogen-bond acceptors (Lipinski definition) is 9. The van der Waals surface area contributed by atoms with Gasteiger partial charge in [-0.25, -0.2) is 13.4 Å². The van der Waals surface area contributed by atoms with Crippen molar-refractivity contribution in [3.63, 3.8) is 0 Å². The molecule has 40 heavy (non-hydrogen) atoms. The zero-order valence-electron chi connectivity index (χ0n) is 23.4. The summed E-state index contributed by atoms with van der Waals surface area (Å²) in [5.74, 6) is 2.59. The second-order valence-corrected chi connectivity index (χ2v) is 12.8. The van der Waals surface area contributed by atoms with Crippen LogP contribution in [0.5, 0.6) is 5.75 Å². The number of benzene rings is 2. The van der Waals surface area contributed by atoms with Gasteiger partial charge >= 0.3 is 0 Å². The molecule has 2 aromatic heterocycles. The molecule has 11 heteroatoms. The molecule has 0 aliphatic carbocycles. The summed E-state index contributed by atoms with van der Waals surface area (Å²) < 4.78 is 37.8. The minimum atomic E-state index is -3.52. The molecular formula is C29H34N6O4S.